The topological polar surface area (TPSA) is 30.7 Å². The maximum atomic E-state index is 4.31. The summed E-state index contributed by atoms with van der Waals surface area (Å²) in [6, 6.07) is 0.424. The SMILES string of the molecule is CCCc1ncn(C(C)C)n1. The van der Waals surface area contributed by atoms with Gasteiger partial charge in [0.25, 0.3) is 0 Å². The van der Waals surface area contributed by atoms with Crippen LogP contribution < -0.4 is 0 Å². The minimum atomic E-state index is 0.424. The van der Waals surface area contributed by atoms with Gasteiger partial charge < -0.3 is 0 Å². The van der Waals surface area contributed by atoms with Gasteiger partial charge in [-0.25, -0.2) is 4.98 Å². The van der Waals surface area contributed by atoms with Crippen LogP contribution in [-0.4, -0.2) is 14.8 Å². The van der Waals surface area contributed by atoms with E-state index in [1.165, 1.54) is 0 Å². The molecule has 1 heterocycles. The number of nitrogens with zero attached hydrogens (tertiary/aromatic N) is 3. The van der Waals surface area contributed by atoms with Gasteiger partial charge in [0.2, 0.25) is 0 Å². The summed E-state index contributed by atoms with van der Waals surface area (Å²) in [6.07, 6.45) is 3.90. The molecule has 3 nitrogen and oxygen atoms in total. The van der Waals surface area contributed by atoms with Crippen LogP contribution in [0.2, 0.25) is 0 Å². The van der Waals surface area contributed by atoms with Crippen molar-refractivity contribution in [3.8, 4) is 0 Å². The molecule has 1 aromatic heterocycles. The molecule has 0 aliphatic heterocycles. The molecule has 0 spiro atoms. The van der Waals surface area contributed by atoms with Gasteiger partial charge in [0, 0.05) is 12.5 Å². The minimum Gasteiger partial charge on any atom is -0.250 e. The normalized spacial score (nSPS) is 10.9. The maximum Gasteiger partial charge on any atom is 0.150 e. The summed E-state index contributed by atoms with van der Waals surface area (Å²) < 4.78 is 1.89. The Bertz CT molecular complexity index is 215. The van der Waals surface area contributed by atoms with Crippen molar-refractivity contribution < 1.29 is 0 Å². The van der Waals surface area contributed by atoms with Gasteiger partial charge in [0.15, 0.2) is 5.82 Å². The molecule has 0 bridgehead atoms. The third-order valence-electron chi connectivity index (χ3n) is 1.56. The Kier molecular flexibility index (Phi) is 2.63. The molecule has 0 unspecified atom stereocenters. The van der Waals surface area contributed by atoms with E-state index < -0.39 is 0 Å². The molecule has 0 saturated heterocycles. The minimum absolute atomic E-state index is 0.424. The predicted molar refractivity (Wildman–Crippen MR) is 44.4 cm³/mol. The molecule has 0 aliphatic rings. The van der Waals surface area contributed by atoms with Crippen LogP contribution in [0.4, 0.5) is 0 Å². The lowest BCUT2D eigenvalue weighted by atomic mass is 10.3. The average Bonchev–Trinajstić information content (AvgIpc) is 2.37. The van der Waals surface area contributed by atoms with Crippen LogP contribution in [0.3, 0.4) is 0 Å². The number of hydrogen-bond donors (Lipinski definition) is 0. The molecule has 0 aromatic carbocycles. The number of hydrogen-bond acceptors (Lipinski definition) is 2. The molecule has 0 fully saturated rings. The van der Waals surface area contributed by atoms with Crippen LogP contribution in [0.25, 0.3) is 0 Å². The van der Waals surface area contributed by atoms with Gasteiger partial charge in [-0.1, -0.05) is 6.92 Å². The van der Waals surface area contributed by atoms with E-state index in [0.29, 0.717) is 6.04 Å². The van der Waals surface area contributed by atoms with Gasteiger partial charge >= 0.3 is 0 Å². The number of rotatable bonds is 3. The zero-order valence-electron chi connectivity index (χ0n) is 7.41. The Labute approximate surface area is 67.4 Å². The molecule has 62 valence electrons. The van der Waals surface area contributed by atoms with Crippen LogP contribution in [0.1, 0.15) is 39.1 Å². The van der Waals surface area contributed by atoms with Gasteiger partial charge in [0.05, 0.1) is 0 Å². The molecule has 1 aromatic rings. The van der Waals surface area contributed by atoms with Crippen molar-refractivity contribution in [1.29, 1.82) is 0 Å². The van der Waals surface area contributed by atoms with E-state index in [1.807, 2.05) is 4.68 Å². The second-order valence-corrected chi connectivity index (χ2v) is 2.98. The van der Waals surface area contributed by atoms with Crippen LogP contribution in [0.5, 0.6) is 0 Å². The molecular weight excluding hydrogens is 138 g/mol. The van der Waals surface area contributed by atoms with E-state index in [-0.39, 0.29) is 0 Å². The smallest absolute Gasteiger partial charge is 0.150 e. The first-order valence-electron chi connectivity index (χ1n) is 4.14. The van der Waals surface area contributed by atoms with Gasteiger partial charge in [-0.2, -0.15) is 5.10 Å². The van der Waals surface area contributed by atoms with Crippen molar-refractivity contribution in [2.75, 3.05) is 0 Å². The first-order chi connectivity index (χ1) is 5.24. The van der Waals surface area contributed by atoms with Gasteiger partial charge in [-0.15, -0.1) is 0 Å². The molecular formula is C8H15N3. The summed E-state index contributed by atoms with van der Waals surface area (Å²) in [5.74, 6) is 0.959. The summed E-state index contributed by atoms with van der Waals surface area (Å²) in [5.41, 5.74) is 0. The Hall–Kier alpha value is -0.860. The summed E-state index contributed by atoms with van der Waals surface area (Å²) in [5, 5.41) is 4.31. The van der Waals surface area contributed by atoms with Crippen molar-refractivity contribution in [2.45, 2.75) is 39.7 Å². The maximum absolute atomic E-state index is 4.31. The Morgan fingerprint density at radius 2 is 2.27 bits per heavy atom. The molecule has 1 rings (SSSR count). The Morgan fingerprint density at radius 3 is 2.73 bits per heavy atom. The lowest BCUT2D eigenvalue weighted by Crippen LogP contribution is -2.01. The third-order valence-corrected chi connectivity index (χ3v) is 1.56. The van der Waals surface area contributed by atoms with Crippen molar-refractivity contribution >= 4 is 0 Å². The number of aromatic nitrogens is 3. The highest BCUT2D eigenvalue weighted by Crippen LogP contribution is 2.01. The van der Waals surface area contributed by atoms with Crippen LogP contribution in [-0.2, 0) is 6.42 Å². The first-order valence-corrected chi connectivity index (χ1v) is 4.14. The van der Waals surface area contributed by atoms with E-state index in [4.69, 9.17) is 0 Å². The third kappa shape index (κ3) is 2.03. The molecule has 0 radical (unpaired) electrons. The van der Waals surface area contributed by atoms with E-state index in [0.717, 1.165) is 18.7 Å². The molecule has 3 heteroatoms. The van der Waals surface area contributed by atoms with E-state index in [9.17, 15) is 0 Å². The quantitative estimate of drug-likeness (QED) is 0.663. The highest BCUT2D eigenvalue weighted by atomic mass is 15.3. The number of aryl methyl sites for hydroxylation is 1. The van der Waals surface area contributed by atoms with Crippen molar-refractivity contribution in [2.24, 2.45) is 0 Å². The van der Waals surface area contributed by atoms with Gasteiger partial charge in [-0.3, -0.25) is 4.68 Å². The first kappa shape index (κ1) is 8.24. The van der Waals surface area contributed by atoms with E-state index >= 15 is 0 Å². The average molecular weight is 153 g/mol. The summed E-state index contributed by atoms with van der Waals surface area (Å²) in [7, 11) is 0. The van der Waals surface area contributed by atoms with Crippen molar-refractivity contribution in [3.05, 3.63) is 12.2 Å². The molecule has 0 atom stereocenters. The molecule has 0 N–H and O–H groups in total. The largest absolute Gasteiger partial charge is 0.250 e. The summed E-state index contributed by atoms with van der Waals surface area (Å²) >= 11 is 0. The molecule has 0 amide bonds. The molecule has 0 saturated carbocycles. The van der Waals surface area contributed by atoms with E-state index in [1.54, 1.807) is 6.33 Å². The second kappa shape index (κ2) is 3.51. The predicted octanol–water partition coefficient (Wildman–Crippen LogP) is 1.81. The monoisotopic (exact) mass is 153 g/mol. The van der Waals surface area contributed by atoms with Gasteiger partial charge in [0.1, 0.15) is 6.33 Å². The van der Waals surface area contributed by atoms with Gasteiger partial charge in [-0.05, 0) is 20.3 Å². The van der Waals surface area contributed by atoms with E-state index in [2.05, 4.69) is 30.9 Å². The highest BCUT2D eigenvalue weighted by Gasteiger charge is 2.01. The Balaban J connectivity index is 2.66. The fourth-order valence-electron chi connectivity index (χ4n) is 0.898. The fourth-order valence-corrected chi connectivity index (χ4v) is 0.898. The lowest BCUT2D eigenvalue weighted by molar-refractivity contribution is 0.525. The fraction of sp³-hybridized carbons (Fsp3) is 0.750. The zero-order chi connectivity index (χ0) is 8.27. The lowest BCUT2D eigenvalue weighted by Gasteiger charge is -2.01. The standard InChI is InChI=1S/C8H15N3/c1-4-5-8-9-6-11(10-8)7(2)3/h6-7H,4-5H2,1-3H3. The summed E-state index contributed by atoms with van der Waals surface area (Å²) in [6.45, 7) is 6.34. The molecule has 11 heavy (non-hydrogen) atoms. The molecule has 0 aliphatic carbocycles. The highest BCUT2D eigenvalue weighted by molar-refractivity contribution is 4.81. The van der Waals surface area contributed by atoms with Crippen LogP contribution >= 0.6 is 0 Å². The zero-order valence-corrected chi connectivity index (χ0v) is 7.41. The van der Waals surface area contributed by atoms with Crippen LogP contribution in [0, 0.1) is 0 Å². The second-order valence-electron chi connectivity index (χ2n) is 2.98. The van der Waals surface area contributed by atoms with Crippen molar-refractivity contribution in [3.63, 3.8) is 0 Å². The summed E-state index contributed by atoms with van der Waals surface area (Å²) in [4.78, 5) is 4.18. The Morgan fingerprint density at radius 1 is 1.55 bits per heavy atom. The van der Waals surface area contributed by atoms with Crippen molar-refractivity contribution in [1.82, 2.24) is 14.8 Å². The van der Waals surface area contributed by atoms with Crippen LogP contribution in [0.15, 0.2) is 6.33 Å².